The van der Waals surface area contributed by atoms with Crippen LogP contribution in [0.5, 0.6) is 0 Å². The molecule has 1 saturated carbocycles. The Morgan fingerprint density at radius 3 is 2.94 bits per heavy atom. The van der Waals surface area contributed by atoms with Crippen molar-refractivity contribution in [1.82, 2.24) is 10.3 Å². The highest BCUT2D eigenvalue weighted by Gasteiger charge is 2.15. The maximum absolute atomic E-state index is 11.7. The van der Waals surface area contributed by atoms with Gasteiger partial charge in [0.2, 0.25) is 5.91 Å². The average molecular weight is 238 g/mol. The van der Waals surface area contributed by atoms with Crippen molar-refractivity contribution in [1.29, 1.82) is 0 Å². The van der Waals surface area contributed by atoms with E-state index in [0.717, 1.165) is 25.0 Å². The van der Waals surface area contributed by atoms with Crippen molar-refractivity contribution in [2.24, 2.45) is 0 Å². The quantitative estimate of drug-likeness (QED) is 0.875. The summed E-state index contributed by atoms with van der Waals surface area (Å²) in [6, 6.07) is 0.427. The summed E-state index contributed by atoms with van der Waals surface area (Å²) in [4.78, 5) is 15.8. The third-order valence-electron chi connectivity index (χ3n) is 3.06. The summed E-state index contributed by atoms with van der Waals surface area (Å²) >= 11 is 1.58. The monoisotopic (exact) mass is 238 g/mol. The van der Waals surface area contributed by atoms with Crippen molar-refractivity contribution in [3.63, 3.8) is 0 Å². The van der Waals surface area contributed by atoms with E-state index in [-0.39, 0.29) is 5.91 Å². The molecule has 2 rings (SSSR count). The largest absolute Gasteiger partial charge is 0.353 e. The van der Waals surface area contributed by atoms with Gasteiger partial charge in [0, 0.05) is 17.8 Å². The second-order valence-corrected chi connectivity index (χ2v) is 5.10. The Labute approximate surface area is 100 Å². The lowest BCUT2D eigenvalue weighted by atomic mass is 9.95. The minimum absolute atomic E-state index is 0.180. The second-order valence-electron chi connectivity index (χ2n) is 4.38. The van der Waals surface area contributed by atoms with Crippen LogP contribution in [0.4, 0.5) is 0 Å². The van der Waals surface area contributed by atoms with E-state index < -0.39 is 0 Å². The number of aryl methyl sites for hydroxylation is 1. The number of rotatable bonds is 4. The fourth-order valence-electron chi connectivity index (χ4n) is 2.15. The Bertz CT molecular complexity index is 318. The van der Waals surface area contributed by atoms with Crippen LogP contribution in [0.3, 0.4) is 0 Å². The molecule has 0 radical (unpaired) electrons. The molecule has 1 fully saturated rings. The molecule has 1 heterocycles. The molecule has 1 aliphatic carbocycles. The molecule has 0 aromatic carbocycles. The molecule has 0 spiro atoms. The zero-order valence-corrected chi connectivity index (χ0v) is 10.3. The highest BCUT2D eigenvalue weighted by Crippen LogP contribution is 2.17. The highest BCUT2D eigenvalue weighted by molar-refractivity contribution is 7.07. The molecule has 1 aliphatic rings. The van der Waals surface area contributed by atoms with Gasteiger partial charge in [-0.05, 0) is 19.3 Å². The summed E-state index contributed by atoms with van der Waals surface area (Å²) in [6.45, 7) is 0. The van der Waals surface area contributed by atoms with Crippen LogP contribution in [0.2, 0.25) is 0 Å². The number of carbonyl (C=O) groups excluding carboxylic acids is 1. The van der Waals surface area contributed by atoms with E-state index in [1.165, 1.54) is 19.3 Å². The first-order valence-electron chi connectivity index (χ1n) is 6.01. The van der Waals surface area contributed by atoms with Crippen molar-refractivity contribution >= 4 is 17.2 Å². The number of nitrogens with zero attached hydrogens (tertiary/aromatic N) is 1. The van der Waals surface area contributed by atoms with Gasteiger partial charge in [-0.3, -0.25) is 4.79 Å². The van der Waals surface area contributed by atoms with Crippen LogP contribution in [0.25, 0.3) is 0 Å². The third kappa shape index (κ3) is 3.59. The van der Waals surface area contributed by atoms with Gasteiger partial charge in [-0.2, -0.15) is 0 Å². The van der Waals surface area contributed by atoms with Gasteiger partial charge in [0.1, 0.15) is 0 Å². The normalized spacial score (nSPS) is 17.2. The van der Waals surface area contributed by atoms with Crippen LogP contribution in [0.1, 0.15) is 44.2 Å². The molecule has 0 bridgehead atoms. The molecular formula is C12H18N2OS. The zero-order chi connectivity index (χ0) is 11.2. The number of thiazole rings is 1. The molecule has 88 valence electrons. The zero-order valence-electron chi connectivity index (χ0n) is 9.45. The SMILES string of the molecule is O=C(CCc1cscn1)NC1CCCCC1. The third-order valence-corrected chi connectivity index (χ3v) is 3.70. The first-order chi connectivity index (χ1) is 7.84. The van der Waals surface area contributed by atoms with E-state index in [1.807, 2.05) is 10.9 Å². The molecule has 1 aromatic heterocycles. The molecule has 1 N–H and O–H groups in total. The predicted molar refractivity (Wildman–Crippen MR) is 65.5 cm³/mol. The molecule has 4 heteroatoms. The van der Waals surface area contributed by atoms with E-state index in [4.69, 9.17) is 0 Å². The smallest absolute Gasteiger partial charge is 0.220 e. The van der Waals surface area contributed by atoms with Gasteiger partial charge in [0.05, 0.1) is 11.2 Å². The lowest BCUT2D eigenvalue weighted by molar-refractivity contribution is -0.122. The maximum atomic E-state index is 11.7. The summed E-state index contributed by atoms with van der Waals surface area (Å²) in [5, 5.41) is 5.13. The summed E-state index contributed by atoms with van der Waals surface area (Å²) < 4.78 is 0. The number of hydrogen-bond acceptors (Lipinski definition) is 3. The number of amides is 1. The summed E-state index contributed by atoms with van der Waals surface area (Å²) in [6.07, 6.45) is 7.49. The Kier molecular flexibility index (Phi) is 4.34. The second kappa shape index (κ2) is 5.99. The Hall–Kier alpha value is -0.900. The lowest BCUT2D eigenvalue weighted by Gasteiger charge is -2.22. The molecule has 0 unspecified atom stereocenters. The van der Waals surface area contributed by atoms with E-state index in [1.54, 1.807) is 11.3 Å². The summed E-state index contributed by atoms with van der Waals surface area (Å²) in [5.74, 6) is 0.180. The molecular weight excluding hydrogens is 220 g/mol. The van der Waals surface area contributed by atoms with Crippen molar-refractivity contribution in [3.8, 4) is 0 Å². The Morgan fingerprint density at radius 2 is 2.25 bits per heavy atom. The van der Waals surface area contributed by atoms with Crippen molar-refractivity contribution in [3.05, 3.63) is 16.6 Å². The van der Waals surface area contributed by atoms with Gasteiger partial charge in [0.15, 0.2) is 0 Å². The molecule has 16 heavy (non-hydrogen) atoms. The standard InChI is InChI=1S/C12H18N2OS/c15-12(7-6-11-8-16-9-13-11)14-10-4-2-1-3-5-10/h8-10H,1-7H2,(H,14,15). The van der Waals surface area contributed by atoms with Gasteiger partial charge >= 0.3 is 0 Å². The van der Waals surface area contributed by atoms with Gasteiger partial charge in [-0.25, -0.2) is 4.98 Å². The van der Waals surface area contributed by atoms with E-state index in [2.05, 4.69) is 10.3 Å². The Balaban J connectivity index is 1.67. The van der Waals surface area contributed by atoms with Gasteiger partial charge in [-0.15, -0.1) is 11.3 Å². The number of aromatic nitrogens is 1. The first-order valence-corrected chi connectivity index (χ1v) is 6.95. The lowest BCUT2D eigenvalue weighted by Crippen LogP contribution is -2.36. The van der Waals surface area contributed by atoms with Gasteiger partial charge < -0.3 is 5.32 Å². The average Bonchev–Trinajstić information content (AvgIpc) is 2.81. The molecule has 0 aliphatic heterocycles. The van der Waals surface area contributed by atoms with Crippen LogP contribution in [0, 0.1) is 0 Å². The van der Waals surface area contributed by atoms with Crippen LogP contribution < -0.4 is 5.32 Å². The first kappa shape index (κ1) is 11.6. The van der Waals surface area contributed by atoms with E-state index >= 15 is 0 Å². The molecule has 3 nitrogen and oxygen atoms in total. The topological polar surface area (TPSA) is 42.0 Å². The number of carbonyl (C=O) groups is 1. The summed E-state index contributed by atoms with van der Waals surface area (Å²) in [7, 11) is 0. The fourth-order valence-corrected chi connectivity index (χ4v) is 2.74. The van der Waals surface area contributed by atoms with E-state index in [9.17, 15) is 4.79 Å². The van der Waals surface area contributed by atoms with Crippen molar-refractivity contribution in [2.75, 3.05) is 0 Å². The number of hydrogen-bond donors (Lipinski definition) is 1. The Morgan fingerprint density at radius 1 is 1.44 bits per heavy atom. The van der Waals surface area contributed by atoms with Crippen LogP contribution >= 0.6 is 11.3 Å². The van der Waals surface area contributed by atoms with Crippen LogP contribution in [-0.2, 0) is 11.2 Å². The molecule has 1 aromatic rings. The summed E-state index contributed by atoms with van der Waals surface area (Å²) in [5.41, 5.74) is 2.85. The molecule has 1 amide bonds. The predicted octanol–water partition coefficient (Wildman–Crippen LogP) is 2.52. The molecule has 0 atom stereocenters. The van der Waals surface area contributed by atoms with E-state index in [0.29, 0.717) is 12.5 Å². The minimum Gasteiger partial charge on any atom is -0.353 e. The minimum atomic E-state index is 0.180. The highest BCUT2D eigenvalue weighted by atomic mass is 32.1. The van der Waals surface area contributed by atoms with Gasteiger partial charge in [-0.1, -0.05) is 19.3 Å². The van der Waals surface area contributed by atoms with Crippen LogP contribution in [0.15, 0.2) is 10.9 Å². The molecule has 0 saturated heterocycles. The van der Waals surface area contributed by atoms with Crippen molar-refractivity contribution < 1.29 is 4.79 Å². The van der Waals surface area contributed by atoms with Crippen molar-refractivity contribution in [2.45, 2.75) is 51.0 Å². The van der Waals surface area contributed by atoms with Crippen LogP contribution in [-0.4, -0.2) is 16.9 Å². The fraction of sp³-hybridized carbons (Fsp3) is 0.667. The number of nitrogens with one attached hydrogen (secondary N) is 1. The van der Waals surface area contributed by atoms with Gasteiger partial charge in [0.25, 0.3) is 0 Å². The maximum Gasteiger partial charge on any atom is 0.220 e.